The van der Waals surface area contributed by atoms with Crippen LogP contribution in [0.25, 0.3) is 5.76 Å². The maximum absolute atomic E-state index is 13.3. The first-order chi connectivity index (χ1) is 14.9. The number of hydrogen-bond acceptors (Lipinski definition) is 4. The summed E-state index contributed by atoms with van der Waals surface area (Å²) in [7, 11) is 0. The molecule has 0 bridgehead atoms. The van der Waals surface area contributed by atoms with Gasteiger partial charge < -0.3 is 5.11 Å². The molecule has 3 aromatic rings. The van der Waals surface area contributed by atoms with E-state index in [4.69, 9.17) is 0 Å². The molecule has 1 aliphatic rings. The quantitative estimate of drug-likeness (QED) is 0.370. The lowest BCUT2D eigenvalue weighted by atomic mass is 9.98. The third kappa shape index (κ3) is 3.72. The molecule has 31 heavy (non-hydrogen) atoms. The standard InChI is InChI=1S/C25H21FN2O3/c1-15(2)16-8-12-19(13-9-16)28-22(20-5-3-4-14-27-20)21(24(30)25(28)31)23(29)17-6-10-18(26)11-7-17/h3-15,22,29H,1-2H3/b23-21-. The van der Waals surface area contributed by atoms with Crippen molar-refractivity contribution in [3.05, 3.63) is 101 Å². The second-order valence-corrected chi connectivity index (χ2v) is 7.68. The monoisotopic (exact) mass is 416 g/mol. The molecule has 1 aliphatic heterocycles. The van der Waals surface area contributed by atoms with Crippen molar-refractivity contribution in [2.75, 3.05) is 4.90 Å². The number of ketones is 1. The van der Waals surface area contributed by atoms with E-state index < -0.39 is 23.5 Å². The van der Waals surface area contributed by atoms with Crippen molar-refractivity contribution < 1.29 is 19.1 Å². The Morgan fingerprint density at radius 3 is 2.26 bits per heavy atom. The first-order valence-corrected chi connectivity index (χ1v) is 9.96. The minimum Gasteiger partial charge on any atom is -0.507 e. The molecule has 2 aromatic carbocycles. The van der Waals surface area contributed by atoms with Crippen LogP contribution in [-0.2, 0) is 9.59 Å². The molecule has 0 spiro atoms. The highest BCUT2D eigenvalue weighted by Crippen LogP contribution is 2.41. The summed E-state index contributed by atoms with van der Waals surface area (Å²) in [4.78, 5) is 31.8. The van der Waals surface area contributed by atoms with Gasteiger partial charge in [-0.1, -0.05) is 32.0 Å². The first kappa shape index (κ1) is 20.5. The highest BCUT2D eigenvalue weighted by Gasteiger charge is 2.47. The number of carbonyl (C=O) groups excluding carboxylic acids is 2. The molecule has 1 aromatic heterocycles. The van der Waals surface area contributed by atoms with E-state index in [1.165, 1.54) is 29.2 Å². The maximum Gasteiger partial charge on any atom is 0.300 e. The molecule has 0 saturated carbocycles. The third-order valence-electron chi connectivity index (χ3n) is 5.37. The number of benzene rings is 2. The Balaban J connectivity index is 1.89. The minimum absolute atomic E-state index is 0.0803. The fourth-order valence-electron chi connectivity index (χ4n) is 3.70. The molecule has 1 atom stereocenters. The van der Waals surface area contributed by atoms with Crippen LogP contribution in [0, 0.1) is 5.82 Å². The van der Waals surface area contributed by atoms with Gasteiger partial charge in [-0.05, 0) is 60.0 Å². The molecule has 0 radical (unpaired) electrons. The summed E-state index contributed by atoms with van der Waals surface area (Å²) < 4.78 is 13.3. The predicted octanol–water partition coefficient (Wildman–Crippen LogP) is 4.97. The van der Waals surface area contributed by atoms with Crippen molar-refractivity contribution >= 4 is 23.1 Å². The second kappa shape index (κ2) is 8.14. The van der Waals surface area contributed by atoms with Crippen molar-refractivity contribution in [1.82, 2.24) is 4.98 Å². The normalized spacial score (nSPS) is 18.1. The number of pyridine rings is 1. The zero-order chi connectivity index (χ0) is 22.1. The van der Waals surface area contributed by atoms with E-state index in [0.717, 1.165) is 5.56 Å². The number of carbonyl (C=O) groups is 2. The van der Waals surface area contributed by atoms with Crippen molar-refractivity contribution in [2.45, 2.75) is 25.8 Å². The minimum atomic E-state index is -0.906. The lowest BCUT2D eigenvalue weighted by molar-refractivity contribution is -0.132. The van der Waals surface area contributed by atoms with Crippen LogP contribution in [0.1, 0.15) is 42.6 Å². The molecule has 156 valence electrons. The van der Waals surface area contributed by atoms with Gasteiger partial charge >= 0.3 is 0 Å². The first-order valence-electron chi connectivity index (χ1n) is 9.96. The molecular formula is C25H21FN2O3. The molecule has 1 fully saturated rings. The van der Waals surface area contributed by atoms with E-state index in [1.807, 2.05) is 12.1 Å². The van der Waals surface area contributed by atoms with Crippen LogP contribution in [0.3, 0.4) is 0 Å². The Hall–Kier alpha value is -3.80. The van der Waals surface area contributed by atoms with Gasteiger partial charge in [-0.2, -0.15) is 0 Å². The summed E-state index contributed by atoms with van der Waals surface area (Å²) in [6.45, 7) is 4.13. The summed E-state index contributed by atoms with van der Waals surface area (Å²) in [5.41, 5.74) is 2.23. The molecule has 5 nitrogen and oxygen atoms in total. The Kier molecular flexibility index (Phi) is 5.38. The van der Waals surface area contributed by atoms with Crippen LogP contribution in [0.15, 0.2) is 78.5 Å². The summed E-state index contributed by atoms with van der Waals surface area (Å²) >= 11 is 0. The number of Topliss-reactive ketones (excluding diaryl/α,β-unsaturated/α-hetero) is 1. The summed E-state index contributed by atoms with van der Waals surface area (Å²) in [5, 5.41) is 10.9. The SMILES string of the molecule is CC(C)c1ccc(N2C(=O)C(=O)/C(=C(\O)c3ccc(F)cc3)C2c2ccccn2)cc1. The lowest BCUT2D eigenvalue weighted by Gasteiger charge is -2.25. The summed E-state index contributed by atoms with van der Waals surface area (Å²) in [6, 6.07) is 16.8. The van der Waals surface area contributed by atoms with Gasteiger partial charge in [0, 0.05) is 17.4 Å². The Morgan fingerprint density at radius 1 is 1.00 bits per heavy atom. The highest BCUT2D eigenvalue weighted by molar-refractivity contribution is 6.51. The number of anilines is 1. The second-order valence-electron chi connectivity index (χ2n) is 7.68. The lowest BCUT2D eigenvalue weighted by Crippen LogP contribution is -2.29. The van der Waals surface area contributed by atoms with E-state index in [2.05, 4.69) is 18.8 Å². The number of aliphatic hydroxyl groups is 1. The topological polar surface area (TPSA) is 70.5 Å². The molecule has 1 amide bonds. The molecule has 0 aliphatic carbocycles. The maximum atomic E-state index is 13.3. The van der Waals surface area contributed by atoms with Gasteiger partial charge in [-0.3, -0.25) is 19.5 Å². The van der Waals surface area contributed by atoms with Crippen molar-refractivity contribution in [3.8, 4) is 0 Å². The molecular weight excluding hydrogens is 395 g/mol. The van der Waals surface area contributed by atoms with Crippen LogP contribution in [0.2, 0.25) is 0 Å². The number of hydrogen-bond donors (Lipinski definition) is 1. The number of amides is 1. The average molecular weight is 416 g/mol. The molecule has 1 unspecified atom stereocenters. The van der Waals surface area contributed by atoms with E-state index in [0.29, 0.717) is 17.3 Å². The van der Waals surface area contributed by atoms with E-state index in [1.54, 1.807) is 36.5 Å². The largest absolute Gasteiger partial charge is 0.507 e. The van der Waals surface area contributed by atoms with Gasteiger partial charge in [-0.25, -0.2) is 4.39 Å². The van der Waals surface area contributed by atoms with Crippen LogP contribution in [0.5, 0.6) is 0 Å². The number of aliphatic hydroxyl groups excluding tert-OH is 1. The zero-order valence-electron chi connectivity index (χ0n) is 17.1. The smallest absolute Gasteiger partial charge is 0.300 e. The Labute approximate surface area is 179 Å². The zero-order valence-corrected chi connectivity index (χ0v) is 17.1. The summed E-state index contributed by atoms with van der Waals surface area (Å²) in [5.74, 6) is -2.09. The average Bonchev–Trinajstić information content (AvgIpc) is 3.05. The van der Waals surface area contributed by atoms with E-state index in [-0.39, 0.29) is 16.9 Å². The number of aromatic nitrogens is 1. The molecule has 4 rings (SSSR count). The Morgan fingerprint density at radius 2 is 1.68 bits per heavy atom. The predicted molar refractivity (Wildman–Crippen MR) is 116 cm³/mol. The fraction of sp³-hybridized carbons (Fsp3) is 0.160. The fourth-order valence-corrected chi connectivity index (χ4v) is 3.70. The Bertz CT molecular complexity index is 1150. The van der Waals surface area contributed by atoms with Gasteiger partial charge in [0.15, 0.2) is 0 Å². The van der Waals surface area contributed by atoms with Crippen molar-refractivity contribution in [1.29, 1.82) is 0 Å². The summed E-state index contributed by atoms with van der Waals surface area (Å²) in [6.07, 6.45) is 1.56. The van der Waals surface area contributed by atoms with Gasteiger partial charge in [0.05, 0.1) is 11.3 Å². The van der Waals surface area contributed by atoms with Crippen LogP contribution in [-0.4, -0.2) is 21.8 Å². The van der Waals surface area contributed by atoms with Gasteiger partial charge in [0.2, 0.25) is 0 Å². The van der Waals surface area contributed by atoms with Crippen LogP contribution < -0.4 is 4.90 Å². The highest BCUT2D eigenvalue weighted by atomic mass is 19.1. The van der Waals surface area contributed by atoms with Gasteiger partial charge in [0.1, 0.15) is 17.6 Å². The molecule has 1 saturated heterocycles. The number of halogens is 1. The third-order valence-corrected chi connectivity index (χ3v) is 5.37. The van der Waals surface area contributed by atoms with E-state index >= 15 is 0 Å². The number of rotatable bonds is 4. The molecule has 2 heterocycles. The van der Waals surface area contributed by atoms with Crippen LogP contribution >= 0.6 is 0 Å². The van der Waals surface area contributed by atoms with Crippen LogP contribution in [0.4, 0.5) is 10.1 Å². The number of nitrogens with zero attached hydrogens (tertiary/aromatic N) is 2. The van der Waals surface area contributed by atoms with Crippen molar-refractivity contribution in [2.24, 2.45) is 0 Å². The molecule has 1 N–H and O–H groups in total. The van der Waals surface area contributed by atoms with Gasteiger partial charge in [0.25, 0.3) is 11.7 Å². The van der Waals surface area contributed by atoms with E-state index in [9.17, 15) is 19.1 Å². The molecule has 6 heteroatoms. The van der Waals surface area contributed by atoms with Gasteiger partial charge in [-0.15, -0.1) is 0 Å². The van der Waals surface area contributed by atoms with Crippen molar-refractivity contribution in [3.63, 3.8) is 0 Å².